The van der Waals surface area contributed by atoms with Crippen molar-refractivity contribution >= 4 is 0 Å². The number of rotatable bonds is 8. The van der Waals surface area contributed by atoms with E-state index in [1.54, 1.807) is 0 Å². The lowest BCUT2D eigenvalue weighted by atomic mass is 9.81. The first-order valence-electron chi connectivity index (χ1n) is 8.39. The topological polar surface area (TPSA) is 41.5 Å². The highest BCUT2D eigenvalue weighted by molar-refractivity contribution is 4.97. The van der Waals surface area contributed by atoms with Gasteiger partial charge in [-0.05, 0) is 40.5 Å². The fourth-order valence-corrected chi connectivity index (χ4v) is 3.70. The van der Waals surface area contributed by atoms with Crippen LogP contribution in [0.1, 0.15) is 53.4 Å². The van der Waals surface area contributed by atoms with Crippen LogP contribution >= 0.6 is 0 Å². The minimum Gasteiger partial charge on any atom is -0.396 e. The molecule has 0 aromatic rings. The average molecular weight is 301 g/mol. The number of nitrogens with one attached hydrogen (secondary N) is 1. The molecule has 1 saturated heterocycles. The SMILES string of the molecule is CC1(C)CC(OCCC[N+](C)(C)CCCO)CC(C)(C)N1. The van der Waals surface area contributed by atoms with Gasteiger partial charge in [-0.1, -0.05) is 0 Å². The van der Waals surface area contributed by atoms with Gasteiger partial charge in [0.2, 0.25) is 0 Å². The number of piperidine rings is 1. The van der Waals surface area contributed by atoms with E-state index < -0.39 is 0 Å². The maximum atomic E-state index is 8.93. The molecule has 4 heteroatoms. The lowest BCUT2D eigenvalue weighted by molar-refractivity contribution is -0.890. The standard InChI is InChI=1S/C17H37N2O2/c1-16(2)13-15(14-17(3,4)18-16)21-12-8-10-19(5,6)9-7-11-20/h15,18,20H,7-14H2,1-6H3/q+1. The molecule has 21 heavy (non-hydrogen) atoms. The summed E-state index contributed by atoms with van der Waals surface area (Å²) in [4.78, 5) is 0. The molecular weight excluding hydrogens is 264 g/mol. The van der Waals surface area contributed by atoms with E-state index in [1.165, 1.54) is 0 Å². The molecule has 4 nitrogen and oxygen atoms in total. The highest BCUT2D eigenvalue weighted by Gasteiger charge is 2.38. The zero-order valence-corrected chi connectivity index (χ0v) is 15.0. The fraction of sp³-hybridized carbons (Fsp3) is 1.00. The Hall–Kier alpha value is -0.160. The van der Waals surface area contributed by atoms with Crippen LogP contribution in [0.2, 0.25) is 0 Å². The van der Waals surface area contributed by atoms with Gasteiger partial charge in [-0.2, -0.15) is 0 Å². The first kappa shape index (κ1) is 18.9. The van der Waals surface area contributed by atoms with Crippen molar-refractivity contribution < 1.29 is 14.3 Å². The Morgan fingerprint density at radius 3 is 2.10 bits per heavy atom. The maximum absolute atomic E-state index is 8.93. The average Bonchev–Trinajstić information content (AvgIpc) is 2.28. The molecule has 1 fully saturated rings. The summed E-state index contributed by atoms with van der Waals surface area (Å²) in [6.07, 6.45) is 4.50. The summed E-state index contributed by atoms with van der Waals surface area (Å²) in [6.45, 7) is 12.3. The molecule has 1 heterocycles. The summed E-state index contributed by atoms with van der Waals surface area (Å²) in [6, 6.07) is 0. The van der Waals surface area contributed by atoms with Gasteiger partial charge >= 0.3 is 0 Å². The van der Waals surface area contributed by atoms with Crippen molar-refractivity contribution in [2.75, 3.05) is 40.4 Å². The van der Waals surface area contributed by atoms with Gasteiger partial charge in [0, 0.05) is 30.5 Å². The third-order valence-electron chi connectivity index (χ3n) is 4.34. The summed E-state index contributed by atoms with van der Waals surface area (Å²) in [5.41, 5.74) is 0.311. The van der Waals surface area contributed by atoms with Crippen LogP contribution in [0.3, 0.4) is 0 Å². The quantitative estimate of drug-likeness (QED) is 0.533. The molecule has 0 unspecified atom stereocenters. The van der Waals surface area contributed by atoms with Gasteiger partial charge in [0.25, 0.3) is 0 Å². The van der Waals surface area contributed by atoms with Crippen LogP contribution in [0.5, 0.6) is 0 Å². The lowest BCUT2D eigenvalue weighted by Crippen LogP contribution is -2.59. The maximum Gasteiger partial charge on any atom is 0.0804 e. The van der Waals surface area contributed by atoms with Crippen LogP contribution in [0, 0.1) is 0 Å². The Morgan fingerprint density at radius 2 is 1.57 bits per heavy atom. The minimum absolute atomic E-state index is 0.156. The van der Waals surface area contributed by atoms with Crippen LogP contribution in [0.25, 0.3) is 0 Å². The number of ether oxygens (including phenoxy) is 1. The van der Waals surface area contributed by atoms with Gasteiger partial charge in [-0.25, -0.2) is 0 Å². The summed E-state index contributed by atoms with van der Waals surface area (Å²) in [7, 11) is 4.46. The predicted octanol–water partition coefficient (Wildman–Crippen LogP) is 2.16. The van der Waals surface area contributed by atoms with E-state index in [0.717, 1.165) is 49.9 Å². The largest absolute Gasteiger partial charge is 0.396 e. The van der Waals surface area contributed by atoms with Crippen molar-refractivity contribution in [2.24, 2.45) is 0 Å². The first-order chi connectivity index (χ1) is 9.55. The van der Waals surface area contributed by atoms with E-state index in [-0.39, 0.29) is 17.7 Å². The van der Waals surface area contributed by atoms with E-state index in [0.29, 0.717) is 6.10 Å². The molecule has 1 aliphatic heterocycles. The number of aliphatic hydroxyl groups excluding tert-OH is 1. The number of nitrogens with zero attached hydrogens (tertiary/aromatic N) is 1. The molecule has 0 aliphatic carbocycles. The van der Waals surface area contributed by atoms with Crippen LogP contribution in [-0.4, -0.2) is 67.2 Å². The van der Waals surface area contributed by atoms with Crippen LogP contribution in [0.4, 0.5) is 0 Å². The smallest absolute Gasteiger partial charge is 0.0804 e. The fourth-order valence-electron chi connectivity index (χ4n) is 3.70. The highest BCUT2D eigenvalue weighted by Crippen LogP contribution is 2.30. The summed E-state index contributed by atoms with van der Waals surface area (Å²) < 4.78 is 7.12. The molecule has 0 saturated carbocycles. The predicted molar refractivity (Wildman–Crippen MR) is 88.4 cm³/mol. The number of hydrogen-bond acceptors (Lipinski definition) is 3. The Morgan fingerprint density at radius 1 is 1.05 bits per heavy atom. The van der Waals surface area contributed by atoms with Gasteiger partial charge in [0.15, 0.2) is 0 Å². The minimum atomic E-state index is 0.156. The van der Waals surface area contributed by atoms with Crippen molar-refractivity contribution in [1.82, 2.24) is 5.32 Å². The molecule has 0 radical (unpaired) electrons. The highest BCUT2D eigenvalue weighted by atomic mass is 16.5. The molecule has 0 aromatic carbocycles. The molecular formula is C17H37N2O2+. The molecule has 0 bridgehead atoms. The van der Waals surface area contributed by atoms with Gasteiger partial charge < -0.3 is 19.6 Å². The van der Waals surface area contributed by atoms with Crippen molar-refractivity contribution in [3.8, 4) is 0 Å². The van der Waals surface area contributed by atoms with Crippen molar-refractivity contribution in [3.05, 3.63) is 0 Å². The Balaban J connectivity index is 2.29. The van der Waals surface area contributed by atoms with Crippen LogP contribution in [-0.2, 0) is 4.74 Å². The monoisotopic (exact) mass is 301 g/mol. The molecule has 126 valence electrons. The van der Waals surface area contributed by atoms with Gasteiger partial charge in [-0.3, -0.25) is 0 Å². The molecule has 1 aliphatic rings. The van der Waals surface area contributed by atoms with Crippen molar-refractivity contribution in [2.45, 2.75) is 70.6 Å². The number of hydrogen-bond donors (Lipinski definition) is 2. The molecule has 1 rings (SSSR count). The second kappa shape index (κ2) is 7.40. The zero-order valence-electron chi connectivity index (χ0n) is 15.0. The Bertz CT molecular complexity index is 298. The van der Waals surface area contributed by atoms with Gasteiger partial charge in [0.05, 0.1) is 39.9 Å². The van der Waals surface area contributed by atoms with E-state index in [9.17, 15) is 0 Å². The second-order valence-electron chi connectivity index (χ2n) is 8.61. The third-order valence-corrected chi connectivity index (χ3v) is 4.34. The van der Waals surface area contributed by atoms with Gasteiger partial charge in [-0.15, -0.1) is 0 Å². The summed E-state index contributed by atoms with van der Waals surface area (Å²) in [5.74, 6) is 0. The zero-order chi connectivity index (χ0) is 16.1. The summed E-state index contributed by atoms with van der Waals surface area (Å²) in [5, 5.41) is 12.6. The van der Waals surface area contributed by atoms with Crippen molar-refractivity contribution in [3.63, 3.8) is 0 Å². The number of aliphatic hydroxyl groups is 1. The molecule has 0 amide bonds. The lowest BCUT2D eigenvalue weighted by Gasteiger charge is -2.46. The van der Waals surface area contributed by atoms with E-state index in [4.69, 9.17) is 9.84 Å². The van der Waals surface area contributed by atoms with E-state index in [2.05, 4.69) is 47.1 Å². The second-order valence-corrected chi connectivity index (χ2v) is 8.61. The Kier molecular flexibility index (Phi) is 6.66. The number of quaternary nitrogens is 1. The molecule has 2 N–H and O–H groups in total. The first-order valence-corrected chi connectivity index (χ1v) is 8.39. The van der Waals surface area contributed by atoms with E-state index in [1.807, 2.05) is 0 Å². The molecule has 0 atom stereocenters. The molecule has 0 aromatic heterocycles. The van der Waals surface area contributed by atoms with Crippen LogP contribution < -0.4 is 5.32 Å². The Labute approximate surface area is 131 Å². The van der Waals surface area contributed by atoms with Crippen molar-refractivity contribution in [1.29, 1.82) is 0 Å². The molecule has 0 spiro atoms. The third kappa shape index (κ3) is 7.59. The van der Waals surface area contributed by atoms with Gasteiger partial charge in [0.1, 0.15) is 0 Å². The van der Waals surface area contributed by atoms with E-state index >= 15 is 0 Å². The summed E-state index contributed by atoms with van der Waals surface area (Å²) >= 11 is 0. The normalized spacial score (nSPS) is 22.4. The van der Waals surface area contributed by atoms with Crippen LogP contribution in [0.15, 0.2) is 0 Å².